The molecule has 0 saturated heterocycles. The summed E-state index contributed by atoms with van der Waals surface area (Å²) in [7, 11) is 0. The third-order valence-electron chi connectivity index (χ3n) is 2.06. The lowest BCUT2D eigenvalue weighted by atomic mass is 10.0. The van der Waals surface area contributed by atoms with E-state index in [1.54, 1.807) is 0 Å². The number of aliphatic hydroxyl groups excluding tert-OH is 1. The molecule has 6 nitrogen and oxygen atoms in total. The average molecular weight is 232 g/mol. The van der Waals surface area contributed by atoms with Gasteiger partial charge in [-0.3, -0.25) is 4.79 Å². The maximum Gasteiger partial charge on any atom is 0.332 e. The number of nitrogens with two attached hydrogens (primary N) is 1. The van der Waals surface area contributed by atoms with E-state index in [4.69, 9.17) is 15.9 Å². The number of rotatable bonds is 7. The Morgan fingerprint density at radius 2 is 1.94 bits per heavy atom. The number of carboxylic acids is 1. The van der Waals surface area contributed by atoms with Crippen LogP contribution in [0.25, 0.3) is 0 Å². The molecule has 1 amide bonds. The molecule has 0 radical (unpaired) electrons. The molecule has 0 fully saturated rings. The number of carbonyl (C=O) groups excluding carboxylic acids is 1. The molecule has 16 heavy (non-hydrogen) atoms. The molecule has 0 aromatic carbocycles. The van der Waals surface area contributed by atoms with E-state index in [-0.39, 0.29) is 18.9 Å². The summed E-state index contributed by atoms with van der Waals surface area (Å²) in [6.07, 6.45) is -0.885. The van der Waals surface area contributed by atoms with Crippen LogP contribution in [0.2, 0.25) is 0 Å². The van der Waals surface area contributed by atoms with Crippen LogP contribution in [0.1, 0.15) is 26.7 Å². The van der Waals surface area contributed by atoms with Gasteiger partial charge in [0.25, 0.3) is 0 Å². The molecular formula is C10H20N2O4. The van der Waals surface area contributed by atoms with Gasteiger partial charge >= 0.3 is 5.97 Å². The Bertz CT molecular complexity index is 243. The van der Waals surface area contributed by atoms with Crippen molar-refractivity contribution in [3.8, 4) is 0 Å². The van der Waals surface area contributed by atoms with Crippen molar-refractivity contribution >= 4 is 11.9 Å². The van der Waals surface area contributed by atoms with Crippen LogP contribution in [-0.4, -0.2) is 40.8 Å². The molecule has 0 heterocycles. The molecule has 1 unspecified atom stereocenters. The normalized spacial score (nSPS) is 14.6. The minimum absolute atomic E-state index is 0.0184. The van der Waals surface area contributed by atoms with Crippen molar-refractivity contribution in [2.75, 3.05) is 6.54 Å². The first kappa shape index (κ1) is 14.9. The van der Waals surface area contributed by atoms with Crippen LogP contribution in [0.5, 0.6) is 0 Å². The maximum atomic E-state index is 11.4. The maximum absolute atomic E-state index is 11.4. The number of carbonyl (C=O) groups is 2. The quantitative estimate of drug-likeness (QED) is 0.464. The molecular weight excluding hydrogens is 212 g/mol. The standard InChI is InChI=1S/C10H20N2O4/c1-6(2)5-7(11)9(14)12-4-3-8(13)10(15)16/h6-8,13H,3-5,11H2,1-2H3,(H,12,14)(H,15,16)/t7?,8-/m0/s1. The van der Waals surface area contributed by atoms with Crippen molar-refractivity contribution in [3.05, 3.63) is 0 Å². The number of aliphatic hydroxyl groups is 1. The number of carboxylic acid groups (broad SMARTS) is 1. The fraction of sp³-hybridized carbons (Fsp3) is 0.800. The van der Waals surface area contributed by atoms with Gasteiger partial charge < -0.3 is 21.3 Å². The Morgan fingerprint density at radius 3 is 2.38 bits per heavy atom. The summed E-state index contributed by atoms with van der Waals surface area (Å²) in [5.41, 5.74) is 5.60. The molecule has 2 atom stereocenters. The van der Waals surface area contributed by atoms with E-state index in [0.717, 1.165) is 0 Å². The zero-order chi connectivity index (χ0) is 12.7. The Balaban J connectivity index is 3.77. The van der Waals surface area contributed by atoms with Gasteiger partial charge in [-0.1, -0.05) is 13.8 Å². The third-order valence-corrected chi connectivity index (χ3v) is 2.06. The molecule has 0 saturated carbocycles. The smallest absolute Gasteiger partial charge is 0.332 e. The van der Waals surface area contributed by atoms with Crippen molar-refractivity contribution in [1.29, 1.82) is 0 Å². The molecule has 0 rings (SSSR count). The van der Waals surface area contributed by atoms with E-state index in [1.807, 2.05) is 13.8 Å². The number of amides is 1. The summed E-state index contributed by atoms with van der Waals surface area (Å²) < 4.78 is 0. The third kappa shape index (κ3) is 6.36. The number of hydrogen-bond donors (Lipinski definition) is 4. The number of nitrogens with one attached hydrogen (secondary N) is 1. The second kappa shape index (κ2) is 7.19. The first-order valence-corrected chi connectivity index (χ1v) is 5.28. The first-order valence-electron chi connectivity index (χ1n) is 5.28. The van der Waals surface area contributed by atoms with E-state index in [2.05, 4.69) is 5.32 Å². The van der Waals surface area contributed by atoms with Gasteiger partial charge in [-0.2, -0.15) is 0 Å². The SMILES string of the molecule is CC(C)CC(N)C(=O)NCC[C@H](O)C(=O)O. The van der Waals surface area contributed by atoms with E-state index < -0.39 is 18.1 Å². The van der Waals surface area contributed by atoms with E-state index in [9.17, 15) is 9.59 Å². The highest BCUT2D eigenvalue weighted by Gasteiger charge is 2.16. The zero-order valence-electron chi connectivity index (χ0n) is 9.64. The fourth-order valence-corrected chi connectivity index (χ4v) is 1.20. The number of hydrogen-bond acceptors (Lipinski definition) is 4. The van der Waals surface area contributed by atoms with Gasteiger partial charge in [-0.25, -0.2) is 4.79 Å². The Labute approximate surface area is 94.8 Å². The van der Waals surface area contributed by atoms with Gasteiger partial charge in [0.05, 0.1) is 6.04 Å². The summed E-state index contributed by atoms with van der Waals surface area (Å²) in [4.78, 5) is 21.6. The second-order valence-electron chi connectivity index (χ2n) is 4.17. The minimum Gasteiger partial charge on any atom is -0.479 e. The Morgan fingerprint density at radius 1 is 1.38 bits per heavy atom. The van der Waals surface area contributed by atoms with Crippen molar-refractivity contribution in [3.63, 3.8) is 0 Å². The van der Waals surface area contributed by atoms with Gasteiger partial charge in [0, 0.05) is 13.0 Å². The van der Waals surface area contributed by atoms with E-state index in [1.165, 1.54) is 0 Å². The van der Waals surface area contributed by atoms with E-state index >= 15 is 0 Å². The van der Waals surface area contributed by atoms with Crippen LogP contribution in [0.4, 0.5) is 0 Å². The summed E-state index contributed by atoms with van der Waals surface area (Å²) in [6.45, 7) is 4.03. The summed E-state index contributed by atoms with van der Waals surface area (Å²) in [6, 6.07) is -0.582. The van der Waals surface area contributed by atoms with Crippen LogP contribution in [0.3, 0.4) is 0 Å². The topological polar surface area (TPSA) is 113 Å². The van der Waals surface area contributed by atoms with Gasteiger partial charge in [0.1, 0.15) is 0 Å². The van der Waals surface area contributed by atoms with Gasteiger partial charge in [-0.05, 0) is 12.3 Å². The number of aliphatic carboxylic acids is 1. The predicted molar refractivity (Wildman–Crippen MR) is 58.7 cm³/mol. The second-order valence-corrected chi connectivity index (χ2v) is 4.17. The molecule has 0 spiro atoms. The lowest BCUT2D eigenvalue weighted by Gasteiger charge is -2.14. The molecule has 0 aromatic heterocycles. The van der Waals surface area contributed by atoms with Crippen molar-refractivity contribution in [2.24, 2.45) is 11.7 Å². The molecule has 94 valence electrons. The molecule has 0 aliphatic rings. The summed E-state index contributed by atoms with van der Waals surface area (Å²) in [5.74, 6) is -1.28. The molecule has 0 aromatic rings. The van der Waals surface area contributed by atoms with Crippen LogP contribution >= 0.6 is 0 Å². The van der Waals surface area contributed by atoms with E-state index in [0.29, 0.717) is 12.3 Å². The minimum atomic E-state index is -1.44. The van der Waals surface area contributed by atoms with Crippen LogP contribution in [-0.2, 0) is 9.59 Å². The van der Waals surface area contributed by atoms with Crippen LogP contribution in [0.15, 0.2) is 0 Å². The lowest BCUT2D eigenvalue weighted by molar-refractivity contribution is -0.147. The monoisotopic (exact) mass is 232 g/mol. The van der Waals surface area contributed by atoms with Crippen LogP contribution < -0.4 is 11.1 Å². The van der Waals surface area contributed by atoms with Crippen LogP contribution in [0, 0.1) is 5.92 Å². The van der Waals surface area contributed by atoms with Gasteiger partial charge in [-0.15, -0.1) is 0 Å². The molecule has 0 bridgehead atoms. The predicted octanol–water partition coefficient (Wildman–Crippen LogP) is -0.688. The molecule has 0 aliphatic heterocycles. The zero-order valence-corrected chi connectivity index (χ0v) is 9.64. The Kier molecular flexibility index (Phi) is 6.67. The summed E-state index contributed by atoms with van der Waals surface area (Å²) in [5, 5.41) is 19.8. The summed E-state index contributed by atoms with van der Waals surface area (Å²) >= 11 is 0. The highest BCUT2D eigenvalue weighted by molar-refractivity contribution is 5.81. The largest absolute Gasteiger partial charge is 0.479 e. The van der Waals surface area contributed by atoms with Gasteiger partial charge in [0.15, 0.2) is 6.10 Å². The molecule has 5 N–H and O–H groups in total. The van der Waals surface area contributed by atoms with Crippen molar-refractivity contribution in [1.82, 2.24) is 5.32 Å². The highest BCUT2D eigenvalue weighted by Crippen LogP contribution is 2.02. The average Bonchev–Trinajstić information content (AvgIpc) is 2.15. The fourth-order valence-electron chi connectivity index (χ4n) is 1.20. The lowest BCUT2D eigenvalue weighted by Crippen LogP contribution is -2.42. The van der Waals surface area contributed by atoms with Gasteiger partial charge in [0.2, 0.25) is 5.91 Å². The van der Waals surface area contributed by atoms with Crippen molar-refractivity contribution < 1.29 is 19.8 Å². The molecule has 6 heteroatoms. The molecule has 0 aliphatic carbocycles. The first-order chi connectivity index (χ1) is 7.34. The Hall–Kier alpha value is -1.14. The highest BCUT2D eigenvalue weighted by atomic mass is 16.4. The van der Waals surface area contributed by atoms with Crippen molar-refractivity contribution in [2.45, 2.75) is 38.8 Å².